The molecular formula is C15H22N4O. The minimum atomic E-state index is 0.135. The molecule has 2 aromatic heterocycles. The van der Waals surface area contributed by atoms with Gasteiger partial charge in [-0.15, -0.1) is 0 Å². The first-order chi connectivity index (χ1) is 9.52. The van der Waals surface area contributed by atoms with E-state index < -0.39 is 0 Å². The molecule has 0 bridgehead atoms. The first-order valence-corrected chi connectivity index (χ1v) is 6.91. The number of aromatic nitrogens is 2. The summed E-state index contributed by atoms with van der Waals surface area (Å²) in [5.74, 6) is 3.60. The van der Waals surface area contributed by atoms with Gasteiger partial charge in [-0.05, 0) is 40.7 Å². The third kappa shape index (κ3) is 2.92. The van der Waals surface area contributed by atoms with Crippen LogP contribution in [0.25, 0.3) is 0 Å². The molecule has 0 saturated carbocycles. The van der Waals surface area contributed by atoms with Crippen molar-refractivity contribution < 1.29 is 4.42 Å². The van der Waals surface area contributed by atoms with E-state index in [4.69, 9.17) is 4.42 Å². The molecule has 0 spiro atoms. The quantitative estimate of drug-likeness (QED) is 0.872. The molecule has 2 heterocycles. The summed E-state index contributed by atoms with van der Waals surface area (Å²) in [5.41, 5.74) is 2.18. The van der Waals surface area contributed by atoms with E-state index in [0.29, 0.717) is 0 Å². The van der Waals surface area contributed by atoms with E-state index in [1.807, 2.05) is 20.8 Å². The van der Waals surface area contributed by atoms with Gasteiger partial charge in [0, 0.05) is 17.7 Å². The Bertz CT molecular complexity index is 592. The van der Waals surface area contributed by atoms with Gasteiger partial charge in [0.25, 0.3) is 0 Å². The van der Waals surface area contributed by atoms with Crippen LogP contribution in [0, 0.1) is 20.8 Å². The topological polar surface area (TPSA) is 63.0 Å². The Kier molecular flexibility index (Phi) is 4.27. The van der Waals surface area contributed by atoms with Gasteiger partial charge in [0.2, 0.25) is 0 Å². The first-order valence-electron chi connectivity index (χ1n) is 6.91. The van der Waals surface area contributed by atoms with E-state index in [1.165, 1.54) is 0 Å². The Labute approximate surface area is 119 Å². The number of rotatable bonds is 5. The largest absolute Gasteiger partial charge is 0.466 e. The van der Waals surface area contributed by atoms with E-state index in [0.717, 1.165) is 40.8 Å². The minimum Gasteiger partial charge on any atom is -0.466 e. The molecule has 2 N–H and O–H groups in total. The maximum atomic E-state index is 5.58. The van der Waals surface area contributed by atoms with E-state index in [2.05, 4.69) is 40.5 Å². The molecule has 5 heteroatoms. The number of nitrogens with zero attached hydrogens (tertiary/aromatic N) is 2. The third-order valence-electron chi connectivity index (χ3n) is 3.33. The zero-order valence-corrected chi connectivity index (χ0v) is 12.7. The molecule has 0 fully saturated rings. The van der Waals surface area contributed by atoms with Gasteiger partial charge in [0.05, 0.1) is 6.04 Å². The van der Waals surface area contributed by atoms with Crippen LogP contribution >= 0.6 is 0 Å². The number of nitrogens with one attached hydrogen (secondary N) is 2. The monoisotopic (exact) mass is 274 g/mol. The fraction of sp³-hybridized carbons (Fsp3) is 0.467. The van der Waals surface area contributed by atoms with Crippen molar-refractivity contribution in [1.29, 1.82) is 0 Å². The van der Waals surface area contributed by atoms with Crippen LogP contribution < -0.4 is 10.6 Å². The van der Waals surface area contributed by atoms with Crippen molar-refractivity contribution in [3.63, 3.8) is 0 Å². The van der Waals surface area contributed by atoms with Gasteiger partial charge in [-0.2, -0.15) is 0 Å². The second-order valence-electron chi connectivity index (χ2n) is 4.96. The molecule has 2 rings (SSSR count). The van der Waals surface area contributed by atoms with Crippen molar-refractivity contribution >= 4 is 11.6 Å². The van der Waals surface area contributed by atoms with E-state index >= 15 is 0 Å². The van der Waals surface area contributed by atoms with Crippen LogP contribution in [-0.4, -0.2) is 16.5 Å². The van der Waals surface area contributed by atoms with E-state index in [9.17, 15) is 0 Å². The molecule has 0 amide bonds. The summed E-state index contributed by atoms with van der Waals surface area (Å²) in [5, 5.41) is 6.66. The van der Waals surface area contributed by atoms with Crippen molar-refractivity contribution in [2.24, 2.45) is 0 Å². The summed E-state index contributed by atoms with van der Waals surface area (Å²) < 4.78 is 5.58. The second-order valence-corrected chi connectivity index (χ2v) is 4.96. The van der Waals surface area contributed by atoms with Crippen molar-refractivity contribution in [1.82, 2.24) is 9.97 Å². The van der Waals surface area contributed by atoms with Crippen LogP contribution in [0.2, 0.25) is 0 Å². The van der Waals surface area contributed by atoms with Gasteiger partial charge in [-0.1, -0.05) is 0 Å². The summed E-state index contributed by atoms with van der Waals surface area (Å²) in [6.45, 7) is 11.0. The number of furan rings is 1. The molecule has 2 aromatic rings. The molecule has 1 atom stereocenters. The predicted molar refractivity (Wildman–Crippen MR) is 81.2 cm³/mol. The summed E-state index contributed by atoms with van der Waals surface area (Å²) in [6.07, 6.45) is 1.58. The van der Waals surface area contributed by atoms with Gasteiger partial charge >= 0.3 is 0 Å². The average molecular weight is 274 g/mol. The highest BCUT2D eigenvalue weighted by atomic mass is 16.3. The van der Waals surface area contributed by atoms with Crippen molar-refractivity contribution in [2.75, 3.05) is 17.2 Å². The van der Waals surface area contributed by atoms with Crippen LogP contribution in [0.4, 0.5) is 11.6 Å². The Morgan fingerprint density at radius 2 is 1.90 bits per heavy atom. The van der Waals surface area contributed by atoms with Crippen LogP contribution in [-0.2, 0) is 0 Å². The number of aryl methyl sites for hydroxylation is 2. The Morgan fingerprint density at radius 1 is 1.20 bits per heavy atom. The van der Waals surface area contributed by atoms with Crippen LogP contribution in [0.1, 0.15) is 42.5 Å². The third-order valence-corrected chi connectivity index (χ3v) is 3.33. The van der Waals surface area contributed by atoms with Gasteiger partial charge in [-0.25, -0.2) is 9.97 Å². The van der Waals surface area contributed by atoms with Crippen LogP contribution in [0.5, 0.6) is 0 Å². The van der Waals surface area contributed by atoms with Crippen molar-refractivity contribution in [3.05, 3.63) is 35.0 Å². The van der Waals surface area contributed by atoms with E-state index in [-0.39, 0.29) is 6.04 Å². The summed E-state index contributed by atoms with van der Waals surface area (Å²) in [6, 6.07) is 2.20. The maximum absolute atomic E-state index is 5.58. The SMILES string of the molecule is CCNc1ncnc(NC(C)c2cc(C)oc2C)c1C. The summed E-state index contributed by atoms with van der Waals surface area (Å²) in [7, 11) is 0. The zero-order chi connectivity index (χ0) is 14.7. The molecule has 0 saturated heterocycles. The lowest BCUT2D eigenvalue weighted by Gasteiger charge is -2.17. The van der Waals surface area contributed by atoms with Crippen molar-refractivity contribution in [3.8, 4) is 0 Å². The summed E-state index contributed by atoms with van der Waals surface area (Å²) >= 11 is 0. The highest BCUT2D eigenvalue weighted by molar-refractivity contribution is 5.57. The highest BCUT2D eigenvalue weighted by Crippen LogP contribution is 2.26. The fourth-order valence-corrected chi connectivity index (χ4v) is 2.30. The summed E-state index contributed by atoms with van der Waals surface area (Å²) in [4.78, 5) is 8.58. The average Bonchev–Trinajstić information content (AvgIpc) is 2.73. The molecule has 1 unspecified atom stereocenters. The number of hydrogen-bond acceptors (Lipinski definition) is 5. The van der Waals surface area contributed by atoms with Crippen molar-refractivity contribution in [2.45, 2.75) is 40.7 Å². The fourth-order valence-electron chi connectivity index (χ4n) is 2.30. The molecule has 0 radical (unpaired) electrons. The highest BCUT2D eigenvalue weighted by Gasteiger charge is 2.15. The molecule has 0 aromatic carbocycles. The standard InChI is InChI=1S/C15H22N4O/c1-6-16-14-10(3)15(18-8-17-14)19-11(4)13-7-9(2)20-12(13)5/h7-8,11H,6H2,1-5H3,(H2,16,17,18,19). The predicted octanol–water partition coefficient (Wildman–Crippen LogP) is 3.60. The van der Waals surface area contributed by atoms with E-state index in [1.54, 1.807) is 6.33 Å². The Morgan fingerprint density at radius 3 is 2.50 bits per heavy atom. The van der Waals surface area contributed by atoms with Crippen LogP contribution in [0.3, 0.4) is 0 Å². The van der Waals surface area contributed by atoms with Gasteiger partial charge in [0.15, 0.2) is 0 Å². The molecular weight excluding hydrogens is 252 g/mol. The number of hydrogen-bond donors (Lipinski definition) is 2. The second kappa shape index (κ2) is 5.94. The van der Waals surface area contributed by atoms with Gasteiger partial charge in [-0.3, -0.25) is 0 Å². The molecule has 108 valence electrons. The molecule has 0 aliphatic rings. The number of anilines is 2. The molecule has 20 heavy (non-hydrogen) atoms. The maximum Gasteiger partial charge on any atom is 0.134 e. The smallest absolute Gasteiger partial charge is 0.134 e. The lowest BCUT2D eigenvalue weighted by molar-refractivity contribution is 0.499. The molecule has 5 nitrogen and oxygen atoms in total. The van der Waals surface area contributed by atoms with Gasteiger partial charge < -0.3 is 15.1 Å². The van der Waals surface area contributed by atoms with Crippen LogP contribution in [0.15, 0.2) is 16.8 Å². The zero-order valence-electron chi connectivity index (χ0n) is 12.7. The molecule has 0 aliphatic carbocycles. The first kappa shape index (κ1) is 14.4. The lowest BCUT2D eigenvalue weighted by atomic mass is 10.1. The Hall–Kier alpha value is -2.04. The molecule has 0 aliphatic heterocycles. The minimum absolute atomic E-state index is 0.135. The lowest BCUT2D eigenvalue weighted by Crippen LogP contribution is -2.11. The van der Waals surface area contributed by atoms with Gasteiger partial charge in [0.1, 0.15) is 29.5 Å². The normalized spacial score (nSPS) is 12.2. The Balaban J connectivity index is 2.21.